The second kappa shape index (κ2) is 5.40. The van der Waals surface area contributed by atoms with Gasteiger partial charge >= 0.3 is 0 Å². The van der Waals surface area contributed by atoms with Gasteiger partial charge in [0, 0.05) is 41.3 Å². The largest absolute Gasteiger partial charge is 0.383 e. The number of nitrogens with one attached hydrogen (secondary N) is 1. The number of aromatic nitrogens is 4. The summed E-state index contributed by atoms with van der Waals surface area (Å²) in [4.78, 5) is 15.5. The summed E-state index contributed by atoms with van der Waals surface area (Å²) in [5, 5.41) is 12.4. The summed E-state index contributed by atoms with van der Waals surface area (Å²) in [6.45, 7) is 0. The van der Waals surface area contributed by atoms with E-state index in [0.29, 0.717) is 27.0 Å². The third-order valence-electron chi connectivity index (χ3n) is 2.97. The molecule has 0 aliphatic rings. The van der Waals surface area contributed by atoms with Crippen LogP contribution in [0.4, 0.5) is 0 Å². The number of hydrogen-bond donors (Lipinski definition) is 2. The summed E-state index contributed by atoms with van der Waals surface area (Å²) in [5.41, 5.74) is 2.02. The fourth-order valence-corrected chi connectivity index (χ4v) is 2.45. The molecule has 0 spiro atoms. The molecule has 1 unspecified atom stereocenters. The van der Waals surface area contributed by atoms with Crippen molar-refractivity contribution in [1.82, 2.24) is 19.9 Å². The Labute approximate surface area is 124 Å². The number of aliphatic hydroxyl groups excluding tert-OH is 1. The van der Waals surface area contributed by atoms with E-state index in [4.69, 9.17) is 11.6 Å². The molecule has 0 radical (unpaired) electrons. The number of rotatable bonds is 3. The molecule has 0 bridgehead atoms. The van der Waals surface area contributed by atoms with Gasteiger partial charge in [-0.3, -0.25) is 0 Å². The van der Waals surface area contributed by atoms with Crippen molar-refractivity contribution in [3.05, 3.63) is 47.0 Å². The van der Waals surface area contributed by atoms with Gasteiger partial charge in [0.05, 0.1) is 5.02 Å². The van der Waals surface area contributed by atoms with Crippen molar-refractivity contribution in [1.29, 1.82) is 0 Å². The highest BCUT2D eigenvalue weighted by molar-refractivity contribution is 7.98. The van der Waals surface area contributed by atoms with Gasteiger partial charge in [0.1, 0.15) is 11.8 Å². The van der Waals surface area contributed by atoms with E-state index >= 15 is 0 Å². The summed E-state index contributed by atoms with van der Waals surface area (Å²) < 4.78 is 0. The molecular weight excluding hydrogens is 296 g/mol. The second-order valence-corrected chi connectivity index (χ2v) is 5.41. The van der Waals surface area contributed by atoms with Crippen molar-refractivity contribution in [2.75, 3.05) is 6.26 Å². The number of H-pyrrole nitrogens is 1. The van der Waals surface area contributed by atoms with Crippen LogP contribution in [0.3, 0.4) is 0 Å². The van der Waals surface area contributed by atoms with Crippen LogP contribution in [0.15, 0.2) is 36.0 Å². The topological polar surface area (TPSA) is 74.7 Å². The zero-order valence-corrected chi connectivity index (χ0v) is 12.1. The molecule has 20 heavy (non-hydrogen) atoms. The monoisotopic (exact) mass is 306 g/mol. The zero-order chi connectivity index (χ0) is 14.1. The van der Waals surface area contributed by atoms with Crippen molar-refractivity contribution >= 4 is 34.4 Å². The van der Waals surface area contributed by atoms with E-state index in [2.05, 4.69) is 19.9 Å². The fraction of sp³-hybridized carbons (Fsp3) is 0.154. The Morgan fingerprint density at radius 1 is 1.25 bits per heavy atom. The summed E-state index contributed by atoms with van der Waals surface area (Å²) in [6, 6.07) is 1.77. The quantitative estimate of drug-likeness (QED) is 0.575. The van der Waals surface area contributed by atoms with E-state index < -0.39 is 6.10 Å². The van der Waals surface area contributed by atoms with E-state index in [1.165, 1.54) is 11.8 Å². The van der Waals surface area contributed by atoms with E-state index in [-0.39, 0.29) is 0 Å². The van der Waals surface area contributed by atoms with Crippen LogP contribution in [-0.4, -0.2) is 31.3 Å². The van der Waals surface area contributed by atoms with Crippen molar-refractivity contribution < 1.29 is 5.11 Å². The number of aliphatic hydroxyl groups is 1. The number of thioether (sulfide) groups is 1. The van der Waals surface area contributed by atoms with E-state index in [1.807, 2.05) is 6.26 Å². The molecule has 3 heterocycles. The third-order valence-corrected chi connectivity index (χ3v) is 3.75. The number of fused-ring (bicyclic) bond motifs is 1. The van der Waals surface area contributed by atoms with Gasteiger partial charge < -0.3 is 10.1 Å². The molecule has 3 aromatic rings. The van der Waals surface area contributed by atoms with Crippen LogP contribution in [0.5, 0.6) is 0 Å². The lowest BCUT2D eigenvalue weighted by atomic mass is 10.0. The predicted octanol–water partition coefficient (Wildman–Crippen LogP) is 2.81. The maximum Gasteiger partial charge on any atom is 0.187 e. The number of nitrogens with zero attached hydrogens (tertiary/aromatic N) is 3. The summed E-state index contributed by atoms with van der Waals surface area (Å²) in [7, 11) is 0. The Balaban J connectivity index is 2.02. The van der Waals surface area contributed by atoms with Gasteiger partial charge in [-0.1, -0.05) is 23.4 Å². The number of aromatic amines is 1. The molecule has 3 aromatic heterocycles. The first-order valence-corrected chi connectivity index (χ1v) is 7.46. The molecule has 0 amide bonds. The smallest absolute Gasteiger partial charge is 0.187 e. The minimum Gasteiger partial charge on any atom is -0.383 e. The Hall–Kier alpha value is -1.63. The predicted molar refractivity (Wildman–Crippen MR) is 79.0 cm³/mol. The molecule has 3 rings (SSSR count). The molecule has 5 nitrogen and oxygen atoms in total. The fourth-order valence-electron chi connectivity index (χ4n) is 1.98. The first-order valence-electron chi connectivity index (χ1n) is 5.85. The van der Waals surface area contributed by atoms with Crippen LogP contribution in [0, 0.1) is 0 Å². The zero-order valence-electron chi connectivity index (χ0n) is 10.5. The molecule has 7 heteroatoms. The lowest BCUT2D eigenvalue weighted by Crippen LogP contribution is -2.01. The Bertz CT molecular complexity index is 744. The Kier molecular flexibility index (Phi) is 3.60. The van der Waals surface area contributed by atoms with Crippen LogP contribution < -0.4 is 0 Å². The molecular formula is C13H11ClN4OS. The maximum atomic E-state index is 10.5. The highest BCUT2D eigenvalue weighted by Gasteiger charge is 2.16. The highest BCUT2D eigenvalue weighted by atomic mass is 35.5. The number of halogens is 1. The summed E-state index contributed by atoms with van der Waals surface area (Å²) in [5.74, 6) is 0. The van der Waals surface area contributed by atoms with E-state index in [0.717, 1.165) is 5.39 Å². The maximum absolute atomic E-state index is 10.5. The van der Waals surface area contributed by atoms with Crippen molar-refractivity contribution in [3.8, 4) is 0 Å². The van der Waals surface area contributed by atoms with Crippen LogP contribution >= 0.6 is 23.4 Å². The standard InChI is InChI=1S/C13H11ClN4OS/c1-20-13-17-3-7(4-18-13)11(19)10-6-16-12-9(10)2-8(14)5-15-12/h2-6,11,19H,1H3,(H,15,16). The molecule has 0 aliphatic heterocycles. The molecule has 0 aliphatic carbocycles. The van der Waals surface area contributed by atoms with Gasteiger partial charge in [-0.2, -0.15) is 0 Å². The van der Waals surface area contributed by atoms with Crippen molar-refractivity contribution in [2.24, 2.45) is 0 Å². The van der Waals surface area contributed by atoms with Crippen LogP contribution in [0.2, 0.25) is 5.02 Å². The van der Waals surface area contributed by atoms with E-state index in [9.17, 15) is 5.11 Å². The lowest BCUT2D eigenvalue weighted by Gasteiger charge is -2.09. The van der Waals surface area contributed by atoms with Gasteiger partial charge in [-0.15, -0.1) is 0 Å². The molecule has 0 saturated carbocycles. The highest BCUT2D eigenvalue weighted by Crippen LogP contribution is 2.29. The first kappa shape index (κ1) is 13.4. The SMILES string of the molecule is CSc1ncc(C(O)c2c[nH]c3ncc(Cl)cc23)cn1. The van der Waals surface area contributed by atoms with Gasteiger partial charge in [-0.25, -0.2) is 15.0 Å². The van der Waals surface area contributed by atoms with Crippen molar-refractivity contribution in [2.45, 2.75) is 11.3 Å². The summed E-state index contributed by atoms with van der Waals surface area (Å²) >= 11 is 7.41. The first-order chi connectivity index (χ1) is 9.69. The number of hydrogen-bond acceptors (Lipinski definition) is 5. The molecule has 102 valence electrons. The van der Waals surface area contributed by atoms with Gasteiger partial charge in [-0.05, 0) is 12.3 Å². The average Bonchev–Trinajstić information content (AvgIpc) is 2.89. The molecule has 1 atom stereocenters. The Morgan fingerprint density at radius 3 is 2.70 bits per heavy atom. The van der Waals surface area contributed by atoms with Crippen LogP contribution in [0.25, 0.3) is 11.0 Å². The average molecular weight is 307 g/mol. The molecule has 0 aromatic carbocycles. The molecule has 2 N–H and O–H groups in total. The minimum atomic E-state index is -0.820. The van der Waals surface area contributed by atoms with Crippen molar-refractivity contribution in [3.63, 3.8) is 0 Å². The normalized spacial score (nSPS) is 12.8. The van der Waals surface area contributed by atoms with Gasteiger partial charge in [0.15, 0.2) is 5.16 Å². The van der Waals surface area contributed by atoms with E-state index in [1.54, 1.807) is 30.9 Å². The second-order valence-electron chi connectivity index (χ2n) is 4.20. The summed E-state index contributed by atoms with van der Waals surface area (Å²) in [6.07, 6.45) is 7.62. The van der Waals surface area contributed by atoms with Crippen LogP contribution in [-0.2, 0) is 0 Å². The minimum absolute atomic E-state index is 0.527. The van der Waals surface area contributed by atoms with Gasteiger partial charge in [0.2, 0.25) is 0 Å². The lowest BCUT2D eigenvalue weighted by molar-refractivity contribution is 0.220. The van der Waals surface area contributed by atoms with Gasteiger partial charge in [0.25, 0.3) is 0 Å². The van der Waals surface area contributed by atoms with Crippen LogP contribution in [0.1, 0.15) is 17.2 Å². The molecule has 0 fully saturated rings. The molecule has 0 saturated heterocycles. The third kappa shape index (κ3) is 2.37. The number of pyridine rings is 1. The Morgan fingerprint density at radius 2 is 2.00 bits per heavy atom.